The van der Waals surface area contributed by atoms with Crippen LogP contribution >= 0.6 is 0 Å². The fourth-order valence-electron chi connectivity index (χ4n) is 1.76. The van der Waals surface area contributed by atoms with E-state index in [1.807, 2.05) is 0 Å². The highest BCUT2D eigenvalue weighted by Gasteiger charge is 2.30. The molecule has 0 spiro atoms. The van der Waals surface area contributed by atoms with Crippen molar-refractivity contribution in [2.45, 2.75) is 25.3 Å². The molecule has 1 unspecified atom stereocenters. The van der Waals surface area contributed by atoms with Gasteiger partial charge in [0.15, 0.2) is 0 Å². The Labute approximate surface area is 96.2 Å². The molecule has 9 heteroatoms. The van der Waals surface area contributed by atoms with Gasteiger partial charge < -0.3 is 0 Å². The fourth-order valence-corrected chi connectivity index (χ4v) is 3.23. The molecule has 0 aliphatic carbocycles. The topological polar surface area (TPSA) is 110 Å². The zero-order valence-corrected chi connectivity index (χ0v) is 10.7. The third kappa shape index (κ3) is 4.34. The number of nitrogens with one attached hydrogen (secondary N) is 1. The van der Waals surface area contributed by atoms with Gasteiger partial charge in [0.2, 0.25) is 10.0 Å². The van der Waals surface area contributed by atoms with Gasteiger partial charge >= 0.3 is 0 Å². The Balaban J connectivity index is 2.69. The van der Waals surface area contributed by atoms with E-state index in [0.717, 1.165) is 23.4 Å². The van der Waals surface area contributed by atoms with Gasteiger partial charge in [-0.25, -0.2) is 18.3 Å². The lowest BCUT2D eigenvalue weighted by Gasteiger charge is -2.33. The van der Waals surface area contributed by atoms with Crippen molar-refractivity contribution >= 4 is 20.2 Å². The molecule has 1 aliphatic rings. The number of sulfonamides is 1. The first-order valence-corrected chi connectivity index (χ1v) is 8.34. The quantitative estimate of drug-likeness (QED) is 0.655. The van der Waals surface area contributed by atoms with Gasteiger partial charge in [0.1, 0.15) is 0 Å². The second kappa shape index (κ2) is 4.96. The lowest BCUT2D eigenvalue weighted by molar-refractivity contribution is 0.253. The summed E-state index contributed by atoms with van der Waals surface area (Å²) in [5, 5.41) is 5.06. The molecule has 0 aromatic heterocycles. The van der Waals surface area contributed by atoms with Crippen LogP contribution in [0.15, 0.2) is 0 Å². The van der Waals surface area contributed by atoms with Crippen molar-refractivity contribution in [2.24, 2.45) is 5.14 Å². The molecule has 3 N–H and O–H groups in total. The van der Waals surface area contributed by atoms with Crippen molar-refractivity contribution < 1.29 is 16.8 Å². The Morgan fingerprint density at radius 1 is 1.31 bits per heavy atom. The molecular weight excluding hydrogens is 254 g/mol. The monoisotopic (exact) mass is 271 g/mol. The predicted octanol–water partition coefficient (Wildman–Crippen LogP) is -1.41. The third-order valence-electron chi connectivity index (χ3n) is 2.48. The Bertz CT molecular complexity index is 431. The highest BCUT2D eigenvalue weighted by Crippen LogP contribution is 2.18. The molecule has 1 aliphatic heterocycles. The summed E-state index contributed by atoms with van der Waals surface area (Å²) >= 11 is 0. The van der Waals surface area contributed by atoms with Gasteiger partial charge in [-0.1, -0.05) is 6.42 Å². The van der Waals surface area contributed by atoms with Crippen molar-refractivity contribution in [3.05, 3.63) is 0 Å². The van der Waals surface area contributed by atoms with E-state index < -0.39 is 20.2 Å². The molecule has 0 amide bonds. The van der Waals surface area contributed by atoms with Crippen LogP contribution in [0.4, 0.5) is 0 Å². The van der Waals surface area contributed by atoms with Gasteiger partial charge in [-0.15, -0.1) is 0 Å². The molecule has 96 valence electrons. The molecule has 0 aromatic carbocycles. The van der Waals surface area contributed by atoms with E-state index in [2.05, 4.69) is 4.72 Å². The first-order chi connectivity index (χ1) is 7.20. The van der Waals surface area contributed by atoms with Crippen LogP contribution in [-0.4, -0.2) is 46.5 Å². The van der Waals surface area contributed by atoms with Gasteiger partial charge in [0, 0.05) is 19.1 Å². The summed E-state index contributed by atoms with van der Waals surface area (Å²) in [5.74, 6) is 0. The number of hydrogen-bond acceptors (Lipinski definition) is 4. The van der Waals surface area contributed by atoms with Crippen LogP contribution in [-0.2, 0) is 20.2 Å². The maximum absolute atomic E-state index is 11.2. The second-order valence-corrected chi connectivity index (χ2v) is 7.26. The average molecular weight is 271 g/mol. The number of piperidine rings is 1. The first kappa shape index (κ1) is 13.8. The maximum Gasteiger partial charge on any atom is 0.277 e. The van der Waals surface area contributed by atoms with Crippen molar-refractivity contribution in [1.29, 1.82) is 0 Å². The number of hydrogen-bond donors (Lipinski definition) is 2. The Kier molecular flexibility index (Phi) is 4.29. The minimum Gasteiger partial charge on any atom is -0.216 e. The number of rotatable bonds is 4. The van der Waals surface area contributed by atoms with Crippen molar-refractivity contribution in [3.8, 4) is 0 Å². The van der Waals surface area contributed by atoms with Crippen molar-refractivity contribution in [2.75, 3.05) is 19.3 Å². The van der Waals surface area contributed by atoms with Crippen LogP contribution in [0.5, 0.6) is 0 Å². The molecule has 1 saturated heterocycles. The summed E-state index contributed by atoms with van der Waals surface area (Å²) < 4.78 is 47.8. The molecule has 1 rings (SSSR count). The van der Waals surface area contributed by atoms with Gasteiger partial charge in [-0.05, 0) is 12.8 Å². The highest BCUT2D eigenvalue weighted by atomic mass is 32.2. The largest absolute Gasteiger partial charge is 0.277 e. The molecule has 16 heavy (non-hydrogen) atoms. The highest BCUT2D eigenvalue weighted by molar-refractivity contribution is 7.88. The van der Waals surface area contributed by atoms with E-state index in [4.69, 9.17) is 5.14 Å². The summed E-state index contributed by atoms with van der Waals surface area (Å²) in [7, 11) is -7.05. The molecule has 1 atom stereocenters. The summed E-state index contributed by atoms with van der Waals surface area (Å²) in [6.45, 7) is 0.435. The third-order valence-corrected chi connectivity index (χ3v) is 4.31. The van der Waals surface area contributed by atoms with E-state index in [1.54, 1.807) is 0 Å². The van der Waals surface area contributed by atoms with Crippen LogP contribution in [0.2, 0.25) is 0 Å². The first-order valence-electron chi connectivity index (χ1n) is 4.94. The zero-order chi connectivity index (χ0) is 12.4. The smallest absolute Gasteiger partial charge is 0.216 e. The fraction of sp³-hybridized carbons (Fsp3) is 1.00. The van der Waals surface area contributed by atoms with E-state index in [0.29, 0.717) is 13.0 Å². The van der Waals surface area contributed by atoms with Crippen LogP contribution in [0.3, 0.4) is 0 Å². The van der Waals surface area contributed by atoms with Crippen molar-refractivity contribution in [1.82, 2.24) is 9.03 Å². The summed E-state index contributed by atoms with van der Waals surface area (Å²) in [4.78, 5) is 0. The second-order valence-electron chi connectivity index (χ2n) is 3.93. The molecule has 0 radical (unpaired) electrons. The predicted molar refractivity (Wildman–Crippen MR) is 60.3 cm³/mol. The summed E-state index contributed by atoms with van der Waals surface area (Å²) in [6.07, 6.45) is 3.30. The Morgan fingerprint density at radius 3 is 2.44 bits per heavy atom. The molecule has 7 nitrogen and oxygen atoms in total. The normalized spacial score (nSPS) is 24.5. The molecule has 0 aromatic rings. The molecule has 1 heterocycles. The standard InChI is InChI=1S/C7H17N3O4S2/c1-15(11,12)9-6-7-4-2-3-5-10(7)16(8,13)14/h7,9H,2-6H2,1H3,(H2,8,13,14). The lowest BCUT2D eigenvalue weighted by Crippen LogP contribution is -2.51. The Morgan fingerprint density at radius 2 is 1.94 bits per heavy atom. The van der Waals surface area contributed by atoms with Gasteiger partial charge in [0.25, 0.3) is 10.2 Å². The van der Waals surface area contributed by atoms with Crippen LogP contribution < -0.4 is 9.86 Å². The molecule has 0 bridgehead atoms. The number of nitrogens with zero attached hydrogens (tertiary/aromatic N) is 1. The Hall–Kier alpha value is -0.220. The van der Waals surface area contributed by atoms with Gasteiger partial charge in [-0.3, -0.25) is 0 Å². The van der Waals surface area contributed by atoms with E-state index >= 15 is 0 Å². The van der Waals surface area contributed by atoms with E-state index in [-0.39, 0.29) is 12.6 Å². The average Bonchev–Trinajstić information content (AvgIpc) is 2.12. The SMILES string of the molecule is CS(=O)(=O)NCC1CCCCN1S(N)(=O)=O. The molecule has 0 saturated carbocycles. The summed E-state index contributed by atoms with van der Waals surface area (Å²) in [5.41, 5.74) is 0. The van der Waals surface area contributed by atoms with E-state index in [1.165, 1.54) is 0 Å². The lowest BCUT2D eigenvalue weighted by atomic mass is 10.1. The number of nitrogens with two attached hydrogens (primary N) is 1. The molecular formula is C7H17N3O4S2. The van der Waals surface area contributed by atoms with E-state index in [9.17, 15) is 16.8 Å². The van der Waals surface area contributed by atoms with Crippen LogP contribution in [0.1, 0.15) is 19.3 Å². The minimum atomic E-state index is -3.74. The van der Waals surface area contributed by atoms with Gasteiger partial charge in [-0.2, -0.15) is 12.7 Å². The zero-order valence-electron chi connectivity index (χ0n) is 9.09. The van der Waals surface area contributed by atoms with Gasteiger partial charge in [0.05, 0.1) is 6.26 Å². The maximum atomic E-state index is 11.2. The van der Waals surface area contributed by atoms with Crippen molar-refractivity contribution in [3.63, 3.8) is 0 Å². The molecule has 1 fully saturated rings. The summed E-state index contributed by atoms with van der Waals surface area (Å²) in [6, 6.07) is -0.376. The minimum absolute atomic E-state index is 0.0786. The van der Waals surface area contributed by atoms with Crippen LogP contribution in [0.25, 0.3) is 0 Å². The van der Waals surface area contributed by atoms with Crippen LogP contribution in [0, 0.1) is 0 Å².